The summed E-state index contributed by atoms with van der Waals surface area (Å²) in [7, 11) is 0. The van der Waals surface area contributed by atoms with Crippen LogP contribution in [0.3, 0.4) is 0 Å². The molecule has 0 saturated carbocycles. The molecule has 5 nitrogen and oxygen atoms in total. The van der Waals surface area contributed by atoms with Crippen LogP contribution in [0.1, 0.15) is 29.3 Å². The van der Waals surface area contributed by atoms with Crippen molar-refractivity contribution in [2.24, 2.45) is 0 Å². The number of carbonyl (C=O) groups excluding carboxylic acids is 2. The van der Waals surface area contributed by atoms with E-state index >= 15 is 0 Å². The van der Waals surface area contributed by atoms with Crippen molar-refractivity contribution < 1.29 is 14.3 Å². The van der Waals surface area contributed by atoms with E-state index in [0.29, 0.717) is 29.1 Å². The van der Waals surface area contributed by atoms with Gasteiger partial charge >= 0.3 is 0 Å². The maximum absolute atomic E-state index is 12.8. The Morgan fingerprint density at radius 3 is 2.00 bits per heavy atom. The predicted molar refractivity (Wildman–Crippen MR) is 141 cm³/mol. The van der Waals surface area contributed by atoms with E-state index in [4.69, 9.17) is 4.74 Å². The van der Waals surface area contributed by atoms with E-state index in [2.05, 4.69) is 22.8 Å². The van der Waals surface area contributed by atoms with Gasteiger partial charge in [-0.3, -0.25) is 9.59 Å². The molecule has 0 aliphatic carbocycles. The van der Waals surface area contributed by atoms with E-state index in [1.54, 1.807) is 30.3 Å². The first-order valence-electron chi connectivity index (χ1n) is 11.6. The van der Waals surface area contributed by atoms with Crippen LogP contribution in [0, 0.1) is 6.92 Å². The molecule has 4 aromatic carbocycles. The molecule has 2 N–H and O–H groups in total. The summed E-state index contributed by atoms with van der Waals surface area (Å²) in [4.78, 5) is 25.2. The molecular formula is C30H28N2O3. The molecule has 2 amide bonds. The van der Waals surface area contributed by atoms with Gasteiger partial charge in [-0.25, -0.2) is 0 Å². The van der Waals surface area contributed by atoms with Gasteiger partial charge < -0.3 is 15.4 Å². The highest BCUT2D eigenvalue weighted by Gasteiger charge is 2.19. The number of rotatable bonds is 8. The molecule has 0 radical (unpaired) electrons. The van der Waals surface area contributed by atoms with Gasteiger partial charge in [0.25, 0.3) is 11.8 Å². The van der Waals surface area contributed by atoms with E-state index in [-0.39, 0.29) is 11.8 Å². The van der Waals surface area contributed by atoms with Crippen LogP contribution in [0.25, 0.3) is 11.1 Å². The highest BCUT2D eigenvalue weighted by atomic mass is 16.5. The molecule has 1 atom stereocenters. The largest absolute Gasteiger partial charge is 0.481 e. The molecule has 0 aromatic heterocycles. The molecule has 176 valence electrons. The van der Waals surface area contributed by atoms with Crippen molar-refractivity contribution in [3.63, 3.8) is 0 Å². The van der Waals surface area contributed by atoms with E-state index < -0.39 is 6.10 Å². The zero-order valence-electron chi connectivity index (χ0n) is 19.8. The number of anilines is 2. The van der Waals surface area contributed by atoms with Crippen LogP contribution in [0.2, 0.25) is 0 Å². The standard InChI is InChI=1S/C30H28N2O3/c1-3-28(35-27-18-12-23(13-19-27)22-9-5-4-6-10-22)30(34)32-26-16-14-25(15-17-26)31-29(33)24-11-7-8-21(2)20-24/h4-20,28H,3H2,1-2H3,(H,31,33)(H,32,34). The van der Waals surface area contributed by atoms with Crippen molar-refractivity contribution in [3.05, 3.63) is 114 Å². The van der Waals surface area contributed by atoms with Crippen LogP contribution in [0.4, 0.5) is 11.4 Å². The SMILES string of the molecule is CCC(Oc1ccc(-c2ccccc2)cc1)C(=O)Nc1ccc(NC(=O)c2cccc(C)c2)cc1. The van der Waals surface area contributed by atoms with E-state index in [1.807, 2.05) is 74.5 Å². The van der Waals surface area contributed by atoms with Crippen molar-refractivity contribution in [2.45, 2.75) is 26.4 Å². The Morgan fingerprint density at radius 2 is 1.37 bits per heavy atom. The van der Waals surface area contributed by atoms with Gasteiger partial charge in [-0.05, 0) is 73.0 Å². The lowest BCUT2D eigenvalue weighted by Crippen LogP contribution is -2.32. The summed E-state index contributed by atoms with van der Waals surface area (Å²) in [5, 5.41) is 5.77. The zero-order valence-corrected chi connectivity index (χ0v) is 19.8. The Hall–Kier alpha value is -4.38. The van der Waals surface area contributed by atoms with Gasteiger partial charge in [0.05, 0.1) is 0 Å². The Bertz CT molecular complexity index is 1280. The van der Waals surface area contributed by atoms with Crippen molar-refractivity contribution >= 4 is 23.2 Å². The summed E-state index contributed by atoms with van der Waals surface area (Å²) in [6, 6.07) is 32.3. The maximum Gasteiger partial charge on any atom is 0.265 e. The van der Waals surface area contributed by atoms with Gasteiger partial charge in [-0.2, -0.15) is 0 Å². The average molecular weight is 465 g/mol. The fourth-order valence-corrected chi connectivity index (χ4v) is 3.69. The van der Waals surface area contributed by atoms with Crippen LogP contribution < -0.4 is 15.4 Å². The number of nitrogens with one attached hydrogen (secondary N) is 2. The smallest absolute Gasteiger partial charge is 0.265 e. The molecule has 0 bridgehead atoms. The Morgan fingerprint density at radius 1 is 0.743 bits per heavy atom. The number of aryl methyl sites for hydroxylation is 1. The highest BCUT2D eigenvalue weighted by Crippen LogP contribution is 2.23. The lowest BCUT2D eigenvalue weighted by molar-refractivity contribution is -0.122. The molecule has 4 rings (SSSR count). The van der Waals surface area contributed by atoms with Crippen molar-refractivity contribution in [1.82, 2.24) is 0 Å². The molecule has 0 spiro atoms. The van der Waals surface area contributed by atoms with Crippen molar-refractivity contribution in [2.75, 3.05) is 10.6 Å². The third-order valence-corrected chi connectivity index (χ3v) is 5.59. The molecule has 0 heterocycles. The van der Waals surface area contributed by atoms with Gasteiger partial charge in [0, 0.05) is 16.9 Å². The van der Waals surface area contributed by atoms with E-state index in [1.165, 1.54) is 0 Å². The van der Waals surface area contributed by atoms with Gasteiger partial charge in [0.15, 0.2) is 6.10 Å². The number of hydrogen-bond donors (Lipinski definition) is 2. The molecule has 0 saturated heterocycles. The minimum atomic E-state index is -0.627. The lowest BCUT2D eigenvalue weighted by atomic mass is 10.1. The average Bonchev–Trinajstić information content (AvgIpc) is 2.89. The van der Waals surface area contributed by atoms with E-state index in [0.717, 1.165) is 16.7 Å². The first kappa shape index (κ1) is 23.8. The zero-order chi connectivity index (χ0) is 24.6. The van der Waals surface area contributed by atoms with Gasteiger partial charge in [0.2, 0.25) is 0 Å². The van der Waals surface area contributed by atoms with Crippen LogP contribution in [-0.4, -0.2) is 17.9 Å². The fourth-order valence-electron chi connectivity index (χ4n) is 3.69. The summed E-state index contributed by atoms with van der Waals surface area (Å²) in [6.45, 7) is 3.85. The van der Waals surface area contributed by atoms with Crippen LogP contribution in [0.15, 0.2) is 103 Å². The normalized spacial score (nSPS) is 11.4. The number of carbonyl (C=O) groups is 2. The minimum absolute atomic E-state index is 0.178. The van der Waals surface area contributed by atoms with Crippen LogP contribution in [-0.2, 0) is 4.79 Å². The number of benzene rings is 4. The van der Waals surface area contributed by atoms with Gasteiger partial charge in [-0.1, -0.05) is 67.1 Å². The summed E-state index contributed by atoms with van der Waals surface area (Å²) in [5.74, 6) is 0.236. The molecule has 0 aliphatic rings. The molecule has 1 unspecified atom stereocenters. The van der Waals surface area contributed by atoms with Gasteiger partial charge in [-0.15, -0.1) is 0 Å². The first-order chi connectivity index (χ1) is 17.0. The topological polar surface area (TPSA) is 67.4 Å². The lowest BCUT2D eigenvalue weighted by Gasteiger charge is -2.18. The quantitative estimate of drug-likeness (QED) is 0.304. The Kier molecular flexibility index (Phi) is 7.58. The molecule has 0 aliphatic heterocycles. The summed E-state index contributed by atoms with van der Waals surface area (Å²) in [5.41, 5.74) is 5.12. The monoisotopic (exact) mass is 464 g/mol. The van der Waals surface area contributed by atoms with Crippen LogP contribution in [0.5, 0.6) is 5.75 Å². The minimum Gasteiger partial charge on any atom is -0.481 e. The molecule has 5 heteroatoms. The number of ether oxygens (including phenoxy) is 1. The highest BCUT2D eigenvalue weighted by molar-refractivity contribution is 6.04. The summed E-state index contributed by atoms with van der Waals surface area (Å²) >= 11 is 0. The summed E-state index contributed by atoms with van der Waals surface area (Å²) < 4.78 is 5.95. The third-order valence-electron chi connectivity index (χ3n) is 5.59. The summed E-state index contributed by atoms with van der Waals surface area (Å²) in [6.07, 6.45) is -0.102. The van der Waals surface area contributed by atoms with Crippen molar-refractivity contribution in [1.29, 1.82) is 0 Å². The second kappa shape index (κ2) is 11.2. The second-order valence-electron chi connectivity index (χ2n) is 8.30. The third kappa shape index (κ3) is 6.36. The number of hydrogen-bond acceptors (Lipinski definition) is 3. The van der Waals surface area contributed by atoms with Crippen molar-refractivity contribution in [3.8, 4) is 16.9 Å². The molecule has 0 fully saturated rings. The first-order valence-corrected chi connectivity index (χ1v) is 11.6. The fraction of sp³-hybridized carbons (Fsp3) is 0.133. The molecule has 4 aromatic rings. The van der Waals surface area contributed by atoms with Gasteiger partial charge in [0.1, 0.15) is 5.75 Å². The van der Waals surface area contributed by atoms with E-state index in [9.17, 15) is 9.59 Å². The molecule has 35 heavy (non-hydrogen) atoms. The predicted octanol–water partition coefficient (Wildman–Crippen LogP) is 6.71. The maximum atomic E-state index is 12.8. The number of amides is 2. The second-order valence-corrected chi connectivity index (χ2v) is 8.30. The Balaban J connectivity index is 1.34. The Labute approximate surface area is 205 Å². The molecular weight excluding hydrogens is 436 g/mol. The van der Waals surface area contributed by atoms with Crippen LogP contribution >= 0.6 is 0 Å².